The number of ether oxygens (including phenoxy) is 1. The smallest absolute Gasteiger partial charge is 0.264 e. The van der Waals surface area contributed by atoms with E-state index in [1.54, 1.807) is 6.92 Å². The summed E-state index contributed by atoms with van der Waals surface area (Å²) in [6.07, 6.45) is 3.18. The molecular formula is C21H32ClN3O3. The van der Waals surface area contributed by atoms with Gasteiger partial charge in [0.1, 0.15) is 11.5 Å². The van der Waals surface area contributed by atoms with E-state index in [9.17, 15) is 9.90 Å². The van der Waals surface area contributed by atoms with Gasteiger partial charge in [-0.15, -0.1) is 12.4 Å². The van der Waals surface area contributed by atoms with Crippen molar-refractivity contribution in [3.63, 3.8) is 0 Å². The van der Waals surface area contributed by atoms with E-state index in [4.69, 9.17) is 10.1 Å². The van der Waals surface area contributed by atoms with Gasteiger partial charge in [0.2, 0.25) is 0 Å². The highest BCUT2D eigenvalue weighted by Crippen LogP contribution is 2.43. The zero-order valence-electron chi connectivity index (χ0n) is 17.4. The minimum Gasteiger partial charge on any atom is -0.507 e. The molecule has 1 aromatic rings. The van der Waals surface area contributed by atoms with E-state index < -0.39 is 5.60 Å². The molecule has 6 nitrogen and oxygen atoms in total. The second kappa shape index (κ2) is 8.19. The summed E-state index contributed by atoms with van der Waals surface area (Å²) in [4.78, 5) is 15.1. The molecule has 2 unspecified atom stereocenters. The summed E-state index contributed by atoms with van der Waals surface area (Å²) in [6.45, 7) is 10.9. The molecule has 156 valence electrons. The number of piperidine rings is 1. The Morgan fingerprint density at radius 3 is 2.61 bits per heavy atom. The van der Waals surface area contributed by atoms with Gasteiger partial charge in [-0.25, -0.2) is 0 Å². The first-order chi connectivity index (χ1) is 12.6. The van der Waals surface area contributed by atoms with Gasteiger partial charge in [0, 0.05) is 31.1 Å². The maximum atomic E-state index is 13.1. The third kappa shape index (κ3) is 3.93. The number of carbonyl (C=O) groups excluding carboxylic acids is 1. The Morgan fingerprint density at radius 1 is 1.29 bits per heavy atom. The number of fused-ring (bicyclic) bond motifs is 1. The molecule has 3 rings (SSSR count). The zero-order chi connectivity index (χ0) is 19.9. The number of aromatic hydroxyl groups is 1. The molecule has 0 bridgehead atoms. The highest BCUT2D eigenvalue weighted by molar-refractivity contribution is 5.86. The summed E-state index contributed by atoms with van der Waals surface area (Å²) < 4.78 is 6.27. The zero-order valence-corrected chi connectivity index (χ0v) is 18.3. The van der Waals surface area contributed by atoms with E-state index in [-0.39, 0.29) is 24.4 Å². The van der Waals surface area contributed by atoms with Crippen molar-refractivity contribution in [2.24, 2.45) is 0 Å². The van der Waals surface area contributed by atoms with E-state index >= 15 is 0 Å². The van der Waals surface area contributed by atoms with Crippen LogP contribution in [0.1, 0.15) is 55.4 Å². The number of phenols is 1. The van der Waals surface area contributed by atoms with Crippen molar-refractivity contribution in [1.82, 2.24) is 10.2 Å². The number of benzene rings is 1. The number of carbonyl (C=O) groups is 1. The average molecular weight is 410 g/mol. The minimum absolute atomic E-state index is 0. The van der Waals surface area contributed by atoms with E-state index in [0.717, 1.165) is 47.4 Å². The number of hydrogen-bond donors (Lipinski definition) is 3. The summed E-state index contributed by atoms with van der Waals surface area (Å²) >= 11 is 0. The number of amides is 1. The van der Waals surface area contributed by atoms with Gasteiger partial charge < -0.3 is 20.1 Å². The van der Waals surface area contributed by atoms with Crippen LogP contribution in [0.15, 0.2) is 0 Å². The van der Waals surface area contributed by atoms with Crippen LogP contribution >= 0.6 is 12.4 Å². The minimum atomic E-state index is -0.921. The van der Waals surface area contributed by atoms with E-state index in [0.29, 0.717) is 31.0 Å². The second-order valence-electron chi connectivity index (χ2n) is 8.21. The van der Waals surface area contributed by atoms with Gasteiger partial charge in [0.25, 0.3) is 5.91 Å². The fourth-order valence-electron chi connectivity index (χ4n) is 4.15. The van der Waals surface area contributed by atoms with Crippen molar-refractivity contribution in [3.05, 3.63) is 22.3 Å². The number of nitrogens with zero attached hydrogens (tertiary/aromatic N) is 1. The summed E-state index contributed by atoms with van der Waals surface area (Å²) in [7, 11) is 0. The standard InChI is InChI=1S/C21H31N3O3.ClH/c1-12-13(2)19-17(14(3)18(12)25)8-9-21(5,27-19)20(26)23-16-7-6-10-24(11-16)15(4)22;/h16,22,25H,6-11H2,1-5H3,(H,23,26);1H. The average Bonchev–Trinajstić information content (AvgIpc) is 2.64. The van der Waals surface area contributed by atoms with Crippen LogP contribution in [0.3, 0.4) is 0 Å². The fourth-order valence-corrected chi connectivity index (χ4v) is 4.15. The molecular weight excluding hydrogens is 378 g/mol. The van der Waals surface area contributed by atoms with Gasteiger partial charge in [-0.05, 0) is 70.6 Å². The molecule has 1 aromatic carbocycles. The number of halogens is 1. The molecule has 0 aliphatic carbocycles. The van der Waals surface area contributed by atoms with Crippen LogP contribution in [0.4, 0.5) is 0 Å². The van der Waals surface area contributed by atoms with Gasteiger partial charge in [-0.2, -0.15) is 0 Å². The maximum Gasteiger partial charge on any atom is 0.264 e. The molecule has 1 fully saturated rings. The van der Waals surface area contributed by atoms with Crippen LogP contribution in [-0.2, 0) is 11.2 Å². The van der Waals surface area contributed by atoms with Crippen molar-refractivity contribution in [2.75, 3.05) is 13.1 Å². The van der Waals surface area contributed by atoms with Crippen LogP contribution < -0.4 is 10.1 Å². The van der Waals surface area contributed by atoms with E-state index in [1.807, 2.05) is 32.6 Å². The molecule has 1 amide bonds. The van der Waals surface area contributed by atoms with Crippen molar-refractivity contribution in [2.45, 2.75) is 71.9 Å². The predicted molar refractivity (Wildman–Crippen MR) is 113 cm³/mol. The fraction of sp³-hybridized carbons (Fsp3) is 0.619. The quantitative estimate of drug-likeness (QED) is 0.516. The molecule has 2 heterocycles. The summed E-state index contributed by atoms with van der Waals surface area (Å²) in [6, 6.07) is 0.0396. The lowest BCUT2D eigenvalue weighted by Crippen LogP contribution is -2.57. The number of rotatable bonds is 2. The van der Waals surface area contributed by atoms with Gasteiger partial charge in [-0.1, -0.05) is 0 Å². The molecule has 1 saturated heterocycles. The second-order valence-corrected chi connectivity index (χ2v) is 8.21. The van der Waals surface area contributed by atoms with Crippen LogP contribution in [0.5, 0.6) is 11.5 Å². The topological polar surface area (TPSA) is 85.7 Å². The largest absolute Gasteiger partial charge is 0.507 e. The molecule has 2 aliphatic rings. The molecule has 0 aromatic heterocycles. The first kappa shape index (κ1) is 22.3. The lowest BCUT2D eigenvalue weighted by Gasteiger charge is -2.39. The molecule has 2 aliphatic heterocycles. The number of amidine groups is 1. The van der Waals surface area contributed by atoms with Crippen LogP contribution in [-0.4, -0.2) is 46.5 Å². The maximum absolute atomic E-state index is 13.1. The number of hydrogen-bond acceptors (Lipinski definition) is 4. The molecule has 7 heteroatoms. The highest BCUT2D eigenvalue weighted by atomic mass is 35.5. The molecule has 0 radical (unpaired) electrons. The Labute approximate surface area is 173 Å². The Morgan fingerprint density at radius 2 is 1.96 bits per heavy atom. The number of nitrogens with one attached hydrogen (secondary N) is 2. The number of likely N-dealkylation sites (tertiary alicyclic amines) is 1. The Hall–Kier alpha value is -1.95. The summed E-state index contributed by atoms with van der Waals surface area (Å²) in [5, 5.41) is 21.3. The Kier molecular flexibility index (Phi) is 6.54. The van der Waals surface area contributed by atoms with E-state index in [2.05, 4.69) is 5.32 Å². The number of phenolic OH excluding ortho intramolecular Hbond substituents is 1. The normalized spacial score (nSPS) is 23.9. The SMILES string of the molecule is CC(=N)N1CCCC(NC(=O)C2(C)CCc3c(C)c(O)c(C)c(C)c3O2)C1.Cl. The van der Waals surface area contributed by atoms with Crippen molar-refractivity contribution < 1.29 is 14.6 Å². The first-order valence-electron chi connectivity index (χ1n) is 9.75. The summed E-state index contributed by atoms with van der Waals surface area (Å²) in [5.74, 6) is 1.52. The lowest BCUT2D eigenvalue weighted by molar-refractivity contribution is -0.138. The van der Waals surface area contributed by atoms with Crippen molar-refractivity contribution in [1.29, 1.82) is 5.41 Å². The molecule has 2 atom stereocenters. The molecule has 0 saturated carbocycles. The predicted octanol–water partition coefficient (Wildman–Crippen LogP) is 3.40. The van der Waals surface area contributed by atoms with Crippen LogP contribution in [0, 0.1) is 26.2 Å². The van der Waals surface area contributed by atoms with Crippen molar-refractivity contribution in [3.8, 4) is 11.5 Å². The highest BCUT2D eigenvalue weighted by Gasteiger charge is 2.41. The lowest BCUT2D eigenvalue weighted by atomic mass is 9.86. The van der Waals surface area contributed by atoms with Gasteiger partial charge in [0.05, 0.1) is 5.84 Å². The monoisotopic (exact) mass is 409 g/mol. The molecule has 3 N–H and O–H groups in total. The van der Waals surface area contributed by atoms with Gasteiger partial charge in [0.15, 0.2) is 5.60 Å². The van der Waals surface area contributed by atoms with Crippen molar-refractivity contribution >= 4 is 24.1 Å². The Balaban J connectivity index is 0.00000280. The third-order valence-corrected chi connectivity index (χ3v) is 6.23. The Bertz CT molecular complexity index is 796. The van der Waals surface area contributed by atoms with Gasteiger partial charge in [-0.3, -0.25) is 10.2 Å². The van der Waals surface area contributed by atoms with Gasteiger partial charge >= 0.3 is 0 Å². The van der Waals surface area contributed by atoms with Crippen LogP contribution in [0.25, 0.3) is 0 Å². The molecule has 28 heavy (non-hydrogen) atoms. The third-order valence-electron chi connectivity index (χ3n) is 6.23. The summed E-state index contributed by atoms with van der Waals surface area (Å²) in [5.41, 5.74) is 2.63. The molecule has 0 spiro atoms. The first-order valence-corrected chi connectivity index (χ1v) is 9.75. The van der Waals surface area contributed by atoms with E-state index in [1.165, 1.54) is 0 Å². The van der Waals surface area contributed by atoms with Crippen LogP contribution in [0.2, 0.25) is 0 Å².